The Labute approximate surface area is 120 Å². The lowest BCUT2D eigenvalue weighted by atomic mass is 10.0. The van der Waals surface area contributed by atoms with Crippen molar-refractivity contribution in [1.29, 1.82) is 0 Å². The molecule has 3 nitrogen and oxygen atoms in total. The van der Waals surface area contributed by atoms with Crippen molar-refractivity contribution in [2.75, 3.05) is 0 Å². The molecular formula is C16H13NO2S. The number of nitrogens with one attached hydrogen (secondary N) is 1. The number of hydrogen-bond donors (Lipinski definition) is 3. The van der Waals surface area contributed by atoms with Gasteiger partial charge >= 0.3 is 0 Å². The summed E-state index contributed by atoms with van der Waals surface area (Å²) in [5, 5.41) is 20.5. The number of rotatable bonds is 0. The third kappa shape index (κ3) is 1.55. The average Bonchev–Trinajstić information content (AvgIpc) is 2.75. The SMILES string of the molecule is Cc1cc(O)cc2c1-c1[nH]c3ccc(O)cc3c1CS2. The highest BCUT2D eigenvalue weighted by Crippen LogP contribution is 2.47. The minimum Gasteiger partial charge on any atom is -0.508 e. The standard InChI is InChI=1S/C16H13NO2S/c1-8-4-10(19)6-14-15(8)16-12(7-20-14)11-5-9(18)2-3-13(11)17-16/h2-6,17-19H,7H2,1H3. The number of phenols is 2. The van der Waals surface area contributed by atoms with E-state index in [1.165, 1.54) is 5.56 Å². The van der Waals surface area contributed by atoms with Crippen LogP contribution in [0.15, 0.2) is 35.2 Å². The maximum absolute atomic E-state index is 9.74. The molecule has 20 heavy (non-hydrogen) atoms. The minimum atomic E-state index is 0.289. The third-order valence-electron chi connectivity index (χ3n) is 3.80. The highest BCUT2D eigenvalue weighted by atomic mass is 32.2. The molecule has 0 unspecified atom stereocenters. The van der Waals surface area contributed by atoms with E-state index < -0.39 is 0 Å². The molecule has 3 N–H and O–H groups in total. The van der Waals surface area contributed by atoms with Crippen LogP contribution in [0.1, 0.15) is 11.1 Å². The van der Waals surface area contributed by atoms with Crippen LogP contribution >= 0.6 is 11.8 Å². The van der Waals surface area contributed by atoms with Gasteiger partial charge in [0.2, 0.25) is 0 Å². The lowest BCUT2D eigenvalue weighted by Gasteiger charge is -2.18. The molecule has 2 aromatic carbocycles. The Hall–Kier alpha value is -2.07. The van der Waals surface area contributed by atoms with Gasteiger partial charge in [0.05, 0.1) is 5.69 Å². The number of hydrogen-bond acceptors (Lipinski definition) is 3. The monoisotopic (exact) mass is 283 g/mol. The Kier molecular flexibility index (Phi) is 2.32. The molecule has 3 aromatic rings. The summed E-state index contributed by atoms with van der Waals surface area (Å²) in [6, 6.07) is 9.02. The van der Waals surface area contributed by atoms with Gasteiger partial charge in [-0.25, -0.2) is 0 Å². The molecule has 0 atom stereocenters. The molecule has 0 fully saturated rings. The average molecular weight is 283 g/mol. The summed E-state index contributed by atoms with van der Waals surface area (Å²) in [5.74, 6) is 1.44. The largest absolute Gasteiger partial charge is 0.508 e. The molecule has 1 aromatic heterocycles. The molecule has 4 rings (SSSR count). The summed E-state index contributed by atoms with van der Waals surface area (Å²) in [6.07, 6.45) is 0. The minimum absolute atomic E-state index is 0.289. The number of aromatic hydroxyl groups is 2. The van der Waals surface area contributed by atoms with E-state index in [0.717, 1.165) is 38.4 Å². The molecule has 0 saturated heterocycles. The van der Waals surface area contributed by atoms with E-state index in [-0.39, 0.29) is 5.75 Å². The fourth-order valence-corrected chi connectivity index (χ4v) is 4.13. The summed E-state index contributed by atoms with van der Waals surface area (Å²) >= 11 is 1.72. The first-order valence-electron chi connectivity index (χ1n) is 6.44. The van der Waals surface area contributed by atoms with Crippen LogP contribution in [0.2, 0.25) is 0 Å². The maximum Gasteiger partial charge on any atom is 0.117 e. The van der Waals surface area contributed by atoms with Crippen molar-refractivity contribution in [2.24, 2.45) is 0 Å². The number of H-pyrrole nitrogens is 1. The van der Waals surface area contributed by atoms with Gasteiger partial charge in [0, 0.05) is 27.1 Å². The van der Waals surface area contributed by atoms with Crippen molar-refractivity contribution in [1.82, 2.24) is 4.98 Å². The topological polar surface area (TPSA) is 56.2 Å². The van der Waals surface area contributed by atoms with E-state index in [1.807, 2.05) is 25.1 Å². The fraction of sp³-hybridized carbons (Fsp3) is 0.125. The predicted molar refractivity (Wildman–Crippen MR) is 81.4 cm³/mol. The van der Waals surface area contributed by atoms with Crippen LogP contribution in [0.25, 0.3) is 22.2 Å². The fourth-order valence-electron chi connectivity index (χ4n) is 2.92. The van der Waals surface area contributed by atoms with Crippen molar-refractivity contribution in [2.45, 2.75) is 17.6 Å². The number of fused-ring (bicyclic) bond motifs is 5. The van der Waals surface area contributed by atoms with Crippen LogP contribution in [0.3, 0.4) is 0 Å². The number of phenolic OH excluding ortho intramolecular Hbond substituents is 2. The van der Waals surface area contributed by atoms with Crippen LogP contribution in [0.4, 0.5) is 0 Å². The molecule has 0 saturated carbocycles. The van der Waals surface area contributed by atoms with E-state index in [4.69, 9.17) is 0 Å². The zero-order valence-electron chi connectivity index (χ0n) is 10.9. The van der Waals surface area contributed by atoms with Crippen LogP contribution in [-0.2, 0) is 5.75 Å². The van der Waals surface area contributed by atoms with Crippen molar-refractivity contribution in [3.05, 3.63) is 41.5 Å². The summed E-state index contributed by atoms with van der Waals surface area (Å²) in [7, 11) is 0. The first kappa shape index (κ1) is 11.7. The lowest BCUT2D eigenvalue weighted by molar-refractivity contribution is 0.473. The molecule has 1 aliphatic heterocycles. The highest BCUT2D eigenvalue weighted by molar-refractivity contribution is 7.98. The van der Waals surface area contributed by atoms with E-state index >= 15 is 0 Å². The Balaban J connectivity index is 2.08. The smallest absolute Gasteiger partial charge is 0.117 e. The Bertz CT molecular complexity index is 851. The van der Waals surface area contributed by atoms with Gasteiger partial charge in [0.1, 0.15) is 11.5 Å². The van der Waals surface area contributed by atoms with Gasteiger partial charge in [-0.2, -0.15) is 0 Å². The van der Waals surface area contributed by atoms with E-state index in [1.54, 1.807) is 23.9 Å². The number of aromatic nitrogens is 1. The van der Waals surface area contributed by atoms with Gasteiger partial charge in [-0.1, -0.05) is 0 Å². The Morgan fingerprint density at radius 3 is 2.80 bits per heavy atom. The predicted octanol–water partition coefficient (Wildman–Crippen LogP) is 4.16. The molecule has 2 heterocycles. The number of aryl methyl sites for hydroxylation is 1. The van der Waals surface area contributed by atoms with Crippen LogP contribution in [0, 0.1) is 6.92 Å². The normalized spacial score (nSPS) is 13.2. The number of thioether (sulfide) groups is 1. The summed E-state index contributed by atoms with van der Waals surface area (Å²) in [5.41, 5.74) is 5.58. The molecule has 1 aliphatic rings. The lowest BCUT2D eigenvalue weighted by Crippen LogP contribution is -1.96. The quantitative estimate of drug-likeness (QED) is 0.580. The molecule has 0 aliphatic carbocycles. The van der Waals surface area contributed by atoms with Crippen molar-refractivity contribution < 1.29 is 10.2 Å². The maximum atomic E-state index is 9.74. The molecular weight excluding hydrogens is 270 g/mol. The second kappa shape index (κ2) is 3.96. The number of benzene rings is 2. The third-order valence-corrected chi connectivity index (χ3v) is 4.86. The summed E-state index contributed by atoms with van der Waals surface area (Å²) in [4.78, 5) is 4.56. The van der Waals surface area contributed by atoms with E-state index in [2.05, 4.69) is 4.98 Å². The van der Waals surface area contributed by atoms with Crippen molar-refractivity contribution >= 4 is 22.7 Å². The van der Waals surface area contributed by atoms with Crippen LogP contribution < -0.4 is 0 Å². The summed E-state index contributed by atoms with van der Waals surface area (Å²) in [6.45, 7) is 2.01. The molecule has 100 valence electrons. The van der Waals surface area contributed by atoms with E-state index in [9.17, 15) is 10.2 Å². The van der Waals surface area contributed by atoms with Gasteiger partial charge in [-0.15, -0.1) is 11.8 Å². The van der Waals surface area contributed by atoms with Crippen molar-refractivity contribution in [3.63, 3.8) is 0 Å². The first-order valence-corrected chi connectivity index (χ1v) is 7.42. The van der Waals surface area contributed by atoms with Crippen LogP contribution in [-0.4, -0.2) is 15.2 Å². The second-order valence-electron chi connectivity index (χ2n) is 5.13. The van der Waals surface area contributed by atoms with Gasteiger partial charge in [-0.3, -0.25) is 0 Å². The number of aromatic amines is 1. The Morgan fingerprint density at radius 2 is 1.95 bits per heavy atom. The van der Waals surface area contributed by atoms with Gasteiger partial charge in [-0.05, 0) is 48.4 Å². The Morgan fingerprint density at radius 1 is 1.10 bits per heavy atom. The zero-order chi connectivity index (χ0) is 13.9. The van der Waals surface area contributed by atoms with Gasteiger partial charge in [0.25, 0.3) is 0 Å². The van der Waals surface area contributed by atoms with Gasteiger partial charge < -0.3 is 15.2 Å². The highest BCUT2D eigenvalue weighted by Gasteiger charge is 2.23. The van der Waals surface area contributed by atoms with E-state index in [0.29, 0.717) is 5.75 Å². The van der Waals surface area contributed by atoms with Gasteiger partial charge in [0.15, 0.2) is 0 Å². The molecule has 0 amide bonds. The molecule has 4 heteroatoms. The second-order valence-corrected chi connectivity index (χ2v) is 6.15. The molecule has 0 bridgehead atoms. The van der Waals surface area contributed by atoms with Crippen molar-refractivity contribution in [3.8, 4) is 22.8 Å². The summed E-state index contributed by atoms with van der Waals surface area (Å²) < 4.78 is 0. The molecule has 0 radical (unpaired) electrons. The zero-order valence-corrected chi connectivity index (χ0v) is 11.7. The molecule has 0 spiro atoms. The first-order chi connectivity index (χ1) is 9.63. The van der Waals surface area contributed by atoms with Crippen LogP contribution in [0.5, 0.6) is 11.5 Å².